The molecule has 0 radical (unpaired) electrons. The molecule has 0 bridgehead atoms. The van der Waals surface area contributed by atoms with Gasteiger partial charge in [-0.1, -0.05) is 13.8 Å². The minimum atomic E-state index is 0.0597. The summed E-state index contributed by atoms with van der Waals surface area (Å²) >= 11 is 0. The minimum Gasteiger partial charge on any atom is -0.499 e. The average Bonchev–Trinajstić information content (AvgIpc) is 2.93. The Morgan fingerprint density at radius 3 is 2.78 bits per heavy atom. The molecule has 4 heteroatoms. The summed E-state index contributed by atoms with van der Waals surface area (Å²) in [7, 11) is 3.51. The number of likely N-dealkylation sites (tertiary alicyclic amines) is 1. The van der Waals surface area contributed by atoms with Gasteiger partial charge in [-0.2, -0.15) is 0 Å². The van der Waals surface area contributed by atoms with Crippen LogP contribution in [0.5, 0.6) is 0 Å². The Balaban J connectivity index is 1.92. The van der Waals surface area contributed by atoms with E-state index < -0.39 is 0 Å². The number of methoxy groups -OCH3 is 2. The van der Waals surface area contributed by atoms with Gasteiger partial charge in [-0.05, 0) is 55.7 Å². The quantitative estimate of drug-likeness (QED) is 0.798. The first kappa shape index (κ1) is 17.0. The number of rotatable bonds is 4. The predicted octanol–water partition coefficient (Wildman–Crippen LogP) is 3.02. The Morgan fingerprint density at radius 1 is 1.35 bits per heavy atom. The van der Waals surface area contributed by atoms with E-state index in [1.807, 2.05) is 0 Å². The molecule has 2 aliphatic carbocycles. The average molecular weight is 321 g/mol. The number of Topliss-reactive ketones (excluding diaryl/α,β-unsaturated/α-hetero) is 1. The first-order valence-electron chi connectivity index (χ1n) is 9.10. The first-order chi connectivity index (χ1) is 11.1. The van der Waals surface area contributed by atoms with Gasteiger partial charge in [-0.15, -0.1) is 0 Å². The fraction of sp³-hybridized carbons (Fsp3) is 0.842. The third-order valence-electron chi connectivity index (χ3n) is 6.77. The van der Waals surface area contributed by atoms with Crippen LogP contribution in [0.25, 0.3) is 0 Å². The molecule has 3 unspecified atom stereocenters. The highest BCUT2D eigenvalue weighted by Crippen LogP contribution is 2.56. The maximum atomic E-state index is 12.1. The molecule has 1 heterocycles. The lowest BCUT2D eigenvalue weighted by Gasteiger charge is -2.50. The van der Waals surface area contributed by atoms with Crippen LogP contribution in [0.15, 0.2) is 11.8 Å². The number of hydrogen-bond acceptors (Lipinski definition) is 4. The van der Waals surface area contributed by atoms with E-state index in [2.05, 4.69) is 24.8 Å². The lowest BCUT2D eigenvalue weighted by Crippen LogP contribution is -2.51. The molecule has 2 fully saturated rings. The van der Waals surface area contributed by atoms with Crippen molar-refractivity contribution >= 4 is 5.78 Å². The molecule has 3 rings (SSSR count). The molecular formula is C19H31NO3. The van der Waals surface area contributed by atoms with Gasteiger partial charge in [0.2, 0.25) is 0 Å². The topological polar surface area (TPSA) is 38.8 Å². The zero-order chi connectivity index (χ0) is 16.6. The maximum absolute atomic E-state index is 12.1. The van der Waals surface area contributed by atoms with Crippen LogP contribution in [0.4, 0.5) is 0 Å². The van der Waals surface area contributed by atoms with Gasteiger partial charge in [0.1, 0.15) is 17.6 Å². The largest absolute Gasteiger partial charge is 0.499 e. The number of hydrogen-bond donors (Lipinski definition) is 0. The second kappa shape index (κ2) is 6.56. The molecule has 130 valence electrons. The van der Waals surface area contributed by atoms with Crippen LogP contribution in [0.3, 0.4) is 0 Å². The normalized spacial score (nSPS) is 41.6. The second-order valence-electron chi connectivity index (χ2n) is 7.57. The number of ketones is 1. The van der Waals surface area contributed by atoms with E-state index in [9.17, 15) is 4.79 Å². The van der Waals surface area contributed by atoms with E-state index >= 15 is 0 Å². The number of nitrogens with zero attached hydrogens (tertiary/aromatic N) is 1. The summed E-state index contributed by atoms with van der Waals surface area (Å²) in [5.41, 5.74) is 0.274. The van der Waals surface area contributed by atoms with Crippen molar-refractivity contribution < 1.29 is 14.3 Å². The number of fused-ring (bicyclic) bond motifs is 1. The van der Waals surface area contributed by atoms with Crippen LogP contribution in [0, 0.1) is 17.3 Å². The van der Waals surface area contributed by atoms with Crippen molar-refractivity contribution in [1.29, 1.82) is 0 Å². The first-order valence-corrected chi connectivity index (χ1v) is 9.10. The van der Waals surface area contributed by atoms with Crippen LogP contribution < -0.4 is 0 Å². The Bertz CT molecular complexity index is 489. The fourth-order valence-corrected chi connectivity index (χ4v) is 5.56. The van der Waals surface area contributed by atoms with E-state index in [-0.39, 0.29) is 11.5 Å². The number of carbonyl (C=O) groups is 1. The summed E-state index contributed by atoms with van der Waals surface area (Å²) in [6.07, 6.45) is 7.11. The number of allylic oxidation sites excluding steroid dienone is 1. The molecule has 0 N–H and O–H groups in total. The van der Waals surface area contributed by atoms with E-state index in [1.54, 1.807) is 14.2 Å². The number of carbonyl (C=O) groups excluding carboxylic acids is 1. The summed E-state index contributed by atoms with van der Waals surface area (Å²) in [6.45, 7) is 6.72. The van der Waals surface area contributed by atoms with Crippen LogP contribution in [0.1, 0.15) is 46.0 Å². The van der Waals surface area contributed by atoms with Crippen molar-refractivity contribution in [3.63, 3.8) is 0 Å². The highest BCUT2D eigenvalue weighted by atomic mass is 16.5. The summed E-state index contributed by atoms with van der Waals surface area (Å²) in [5, 5.41) is 0. The van der Waals surface area contributed by atoms with Crippen molar-refractivity contribution in [2.45, 2.75) is 58.1 Å². The van der Waals surface area contributed by atoms with Gasteiger partial charge in [0.05, 0.1) is 7.11 Å². The molecular weight excluding hydrogens is 290 g/mol. The minimum absolute atomic E-state index is 0.0597. The van der Waals surface area contributed by atoms with Gasteiger partial charge in [0.25, 0.3) is 0 Å². The molecule has 0 aromatic heterocycles. The lowest BCUT2D eigenvalue weighted by molar-refractivity contribution is -0.127. The van der Waals surface area contributed by atoms with E-state index in [0.29, 0.717) is 23.7 Å². The summed E-state index contributed by atoms with van der Waals surface area (Å²) in [5.74, 6) is 2.47. The third-order valence-corrected chi connectivity index (χ3v) is 6.77. The van der Waals surface area contributed by atoms with Gasteiger partial charge >= 0.3 is 0 Å². The highest BCUT2D eigenvalue weighted by Gasteiger charge is 2.56. The SMILES string of the molecule is CCN1CC[C@@]2(C3CC(OC)C(OC)=CC3C)CCC(=O)C[C@@H]12. The van der Waals surface area contributed by atoms with Crippen molar-refractivity contribution in [2.75, 3.05) is 27.3 Å². The van der Waals surface area contributed by atoms with Crippen LogP contribution in [-0.4, -0.2) is 50.1 Å². The lowest BCUT2D eigenvalue weighted by atomic mass is 9.57. The molecule has 1 saturated carbocycles. The van der Waals surface area contributed by atoms with E-state index in [4.69, 9.17) is 9.47 Å². The highest BCUT2D eigenvalue weighted by molar-refractivity contribution is 5.80. The molecule has 0 aromatic carbocycles. The molecule has 1 aliphatic heterocycles. The monoisotopic (exact) mass is 321 g/mol. The molecule has 1 saturated heterocycles. The van der Waals surface area contributed by atoms with Gasteiger partial charge in [0, 0.05) is 26.0 Å². The predicted molar refractivity (Wildman–Crippen MR) is 90.1 cm³/mol. The second-order valence-corrected chi connectivity index (χ2v) is 7.57. The van der Waals surface area contributed by atoms with Crippen molar-refractivity contribution in [2.24, 2.45) is 17.3 Å². The molecule has 23 heavy (non-hydrogen) atoms. The van der Waals surface area contributed by atoms with Crippen molar-refractivity contribution in [1.82, 2.24) is 4.90 Å². The Labute approximate surface area is 140 Å². The Hall–Kier alpha value is -0.870. The smallest absolute Gasteiger partial charge is 0.134 e. The molecule has 3 aliphatic rings. The standard InChI is InChI=1S/C19H31NO3/c1-5-20-9-8-19(7-6-14(21)11-18(19)20)15-12-17(23-4)16(22-3)10-13(15)2/h10,13,15,17-18H,5-9,11-12H2,1-4H3/t13?,15?,17?,18-,19-/m1/s1. The zero-order valence-electron chi connectivity index (χ0n) is 15.0. The zero-order valence-corrected chi connectivity index (χ0v) is 15.0. The van der Waals surface area contributed by atoms with Gasteiger partial charge in [0.15, 0.2) is 0 Å². The summed E-state index contributed by atoms with van der Waals surface area (Å²) < 4.78 is 11.3. The summed E-state index contributed by atoms with van der Waals surface area (Å²) in [6, 6.07) is 0.427. The van der Waals surface area contributed by atoms with Gasteiger partial charge < -0.3 is 9.47 Å². The maximum Gasteiger partial charge on any atom is 0.134 e. The van der Waals surface area contributed by atoms with Crippen LogP contribution in [-0.2, 0) is 14.3 Å². The van der Waals surface area contributed by atoms with Crippen molar-refractivity contribution in [3.05, 3.63) is 11.8 Å². The molecule has 0 aromatic rings. The van der Waals surface area contributed by atoms with Gasteiger partial charge in [-0.3, -0.25) is 9.69 Å². The molecule has 5 atom stereocenters. The van der Waals surface area contributed by atoms with Gasteiger partial charge in [-0.25, -0.2) is 0 Å². The van der Waals surface area contributed by atoms with Crippen LogP contribution in [0.2, 0.25) is 0 Å². The van der Waals surface area contributed by atoms with E-state index in [1.165, 1.54) is 6.42 Å². The van der Waals surface area contributed by atoms with Crippen LogP contribution >= 0.6 is 0 Å². The number of ether oxygens (including phenoxy) is 2. The Morgan fingerprint density at radius 2 is 2.13 bits per heavy atom. The van der Waals surface area contributed by atoms with E-state index in [0.717, 1.165) is 44.5 Å². The fourth-order valence-electron chi connectivity index (χ4n) is 5.56. The molecule has 0 spiro atoms. The molecule has 4 nitrogen and oxygen atoms in total. The Kier molecular flexibility index (Phi) is 4.84. The molecule has 0 amide bonds. The third kappa shape index (κ3) is 2.74. The summed E-state index contributed by atoms with van der Waals surface area (Å²) in [4.78, 5) is 14.7. The van der Waals surface area contributed by atoms with Crippen molar-refractivity contribution in [3.8, 4) is 0 Å².